The van der Waals surface area contributed by atoms with Gasteiger partial charge in [-0.1, -0.05) is 19.1 Å². The van der Waals surface area contributed by atoms with E-state index in [1.165, 1.54) is 0 Å². The second-order valence-electron chi connectivity index (χ2n) is 5.08. The van der Waals surface area contributed by atoms with Crippen molar-refractivity contribution in [1.82, 2.24) is 5.32 Å². The van der Waals surface area contributed by atoms with E-state index in [0.29, 0.717) is 6.61 Å². The van der Waals surface area contributed by atoms with Gasteiger partial charge in [0.15, 0.2) is 0 Å². The molecule has 5 nitrogen and oxygen atoms in total. The van der Waals surface area contributed by atoms with Crippen molar-refractivity contribution in [2.75, 3.05) is 13.7 Å². The number of carbonyl (C=O) groups excluding carboxylic acids is 2. The van der Waals surface area contributed by atoms with E-state index < -0.39 is 17.4 Å². The molecule has 20 heavy (non-hydrogen) atoms. The SMILES string of the molecule is CCOC(=O)C1NC(=O)CC1(C)c1ccc(OC)cc1. The standard InChI is InChI=1S/C15H19NO4/c1-4-20-14(18)13-15(2,9-12(17)16-13)10-5-7-11(19-3)8-6-10/h5-8,13H,4,9H2,1-3H3,(H,16,17). The molecule has 2 rings (SSSR count). The molecule has 0 radical (unpaired) electrons. The van der Waals surface area contributed by atoms with Gasteiger partial charge in [0.2, 0.25) is 5.91 Å². The highest BCUT2D eigenvalue weighted by Gasteiger charge is 2.49. The highest BCUT2D eigenvalue weighted by Crippen LogP contribution is 2.37. The molecule has 1 aliphatic heterocycles. The minimum atomic E-state index is -0.650. The normalized spacial score (nSPS) is 25.1. The van der Waals surface area contributed by atoms with Crippen molar-refractivity contribution in [2.45, 2.75) is 31.7 Å². The number of methoxy groups -OCH3 is 1. The summed E-state index contributed by atoms with van der Waals surface area (Å²) in [6.45, 7) is 3.94. The lowest BCUT2D eigenvalue weighted by Crippen LogP contribution is -2.45. The molecule has 1 saturated heterocycles. The van der Waals surface area contributed by atoms with Gasteiger partial charge in [-0.25, -0.2) is 4.79 Å². The second kappa shape index (κ2) is 5.53. The Morgan fingerprint density at radius 3 is 2.60 bits per heavy atom. The molecular formula is C15H19NO4. The third-order valence-corrected chi connectivity index (χ3v) is 3.74. The van der Waals surface area contributed by atoms with E-state index in [9.17, 15) is 9.59 Å². The Bertz CT molecular complexity index is 511. The van der Waals surface area contributed by atoms with E-state index in [2.05, 4.69) is 5.32 Å². The van der Waals surface area contributed by atoms with Crippen molar-refractivity contribution in [3.8, 4) is 5.75 Å². The fourth-order valence-electron chi connectivity index (χ4n) is 2.59. The first-order valence-corrected chi connectivity index (χ1v) is 6.62. The van der Waals surface area contributed by atoms with Gasteiger partial charge in [-0.05, 0) is 24.6 Å². The van der Waals surface area contributed by atoms with Crippen molar-refractivity contribution >= 4 is 11.9 Å². The lowest BCUT2D eigenvalue weighted by Gasteiger charge is -2.29. The van der Waals surface area contributed by atoms with Crippen LogP contribution in [-0.2, 0) is 19.7 Å². The number of nitrogens with one attached hydrogen (secondary N) is 1. The number of amides is 1. The van der Waals surface area contributed by atoms with Crippen LogP contribution in [0.25, 0.3) is 0 Å². The zero-order chi connectivity index (χ0) is 14.8. The molecule has 1 amide bonds. The van der Waals surface area contributed by atoms with Gasteiger partial charge in [-0.15, -0.1) is 0 Å². The van der Waals surface area contributed by atoms with E-state index in [1.54, 1.807) is 14.0 Å². The summed E-state index contributed by atoms with van der Waals surface area (Å²) in [5.74, 6) is 0.209. The lowest BCUT2D eigenvalue weighted by atomic mass is 9.76. The minimum absolute atomic E-state index is 0.138. The van der Waals surface area contributed by atoms with Crippen LogP contribution in [0.5, 0.6) is 5.75 Å². The third kappa shape index (κ3) is 2.48. The molecule has 1 aromatic carbocycles. The summed E-state index contributed by atoms with van der Waals surface area (Å²) in [6, 6.07) is 6.76. The fraction of sp³-hybridized carbons (Fsp3) is 0.467. The molecule has 5 heteroatoms. The summed E-state index contributed by atoms with van der Waals surface area (Å²) in [5, 5.41) is 2.71. The molecule has 0 saturated carbocycles. The summed E-state index contributed by atoms with van der Waals surface area (Å²) >= 11 is 0. The average molecular weight is 277 g/mol. The summed E-state index contributed by atoms with van der Waals surface area (Å²) in [5.41, 5.74) is 0.310. The number of esters is 1. The van der Waals surface area contributed by atoms with Gasteiger partial charge in [-0.3, -0.25) is 4.79 Å². The average Bonchev–Trinajstić information content (AvgIpc) is 2.75. The molecule has 0 spiro atoms. The topological polar surface area (TPSA) is 64.6 Å². The van der Waals surface area contributed by atoms with Crippen LogP contribution in [0.1, 0.15) is 25.8 Å². The largest absolute Gasteiger partial charge is 0.497 e. The van der Waals surface area contributed by atoms with Crippen LogP contribution >= 0.6 is 0 Å². The van der Waals surface area contributed by atoms with Gasteiger partial charge in [0.1, 0.15) is 11.8 Å². The van der Waals surface area contributed by atoms with Crippen LogP contribution in [0.2, 0.25) is 0 Å². The minimum Gasteiger partial charge on any atom is -0.497 e. The van der Waals surface area contributed by atoms with E-state index in [4.69, 9.17) is 9.47 Å². The molecule has 0 aromatic heterocycles. The van der Waals surface area contributed by atoms with Crippen molar-refractivity contribution in [3.05, 3.63) is 29.8 Å². The number of rotatable bonds is 4. The molecule has 0 aliphatic carbocycles. The molecule has 1 aromatic rings. The lowest BCUT2D eigenvalue weighted by molar-refractivity contribution is -0.147. The Balaban J connectivity index is 2.33. The summed E-state index contributed by atoms with van der Waals surface area (Å²) < 4.78 is 10.2. The summed E-state index contributed by atoms with van der Waals surface area (Å²) in [7, 11) is 1.60. The van der Waals surface area contributed by atoms with Crippen LogP contribution in [0, 0.1) is 0 Å². The summed E-state index contributed by atoms with van der Waals surface area (Å²) in [6.07, 6.45) is 0.267. The number of benzene rings is 1. The van der Waals surface area contributed by atoms with Gasteiger partial charge in [0, 0.05) is 11.8 Å². The molecular weight excluding hydrogens is 258 g/mol. The van der Waals surface area contributed by atoms with Crippen molar-refractivity contribution in [2.24, 2.45) is 0 Å². The van der Waals surface area contributed by atoms with E-state index in [1.807, 2.05) is 31.2 Å². The third-order valence-electron chi connectivity index (χ3n) is 3.74. The maximum atomic E-state index is 12.0. The number of hydrogen-bond acceptors (Lipinski definition) is 4. The number of hydrogen-bond donors (Lipinski definition) is 1. The van der Waals surface area contributed by atoms with Crippen molar-refractivity contribution < 1.29 is 19.1 Å². The van der Waals surface area contributed by atoms with Gasteiger partial charge in [0.25, 0.3) is 0 Å². The van der Waals surface area contributed by atoms with Gasteiger partial charge < -0.3 is 14.8 Å². The quantitative estimate of drug-likeness (QED) is 0.845. The first-order valence-electron chi connectivity index (χ1n) is 6.62. The Morgan fingerprint density at radius 2 is 2.05 bits per heavy atom. The van der Waals surface area contributed by atoms with Crippen molar-refractivity contribution in [3.63, 3.8) is 0 Å². The maximum absolute atomic E-state index is 12.0. The van der Waals surface area contributed by atoms with E-state index in [-0.39, 0.29) is 12.3 Å². The highest BCUT2D eigenvalue weighted by atomic mass is 16.5. The van der Waals surface area contributed by atoms with Crippen LogP contribution < -0.4 is 10.1 Å². The molecule has 2 atom stereocenters. The predicted molar refractivity (Wildman–Crippen MR) is 73.5 cm³/mol. The first-order chi connectivity index (χ1) is 9.51. The first kappa shape index (κ1) is 14.4. The Labute approximate surface area is 118 Å². The molecule has 1 N–H and O–H groups in total. The monoisotopic (exact) mass is 277 g/mol. The molecule has 108 valence electrons. The fourth-order valence-corrected chi connectivity index (χ4v) is 2.59. The van der Waals surface area contributed by atoms with Crippen LogP contribution in [0.4, 0.5) is 0 Å². The maximum Gasteiger partial charge on any atom is 0.329 e. The number of carbonyl (C=O) groups is 2. The summed E-state index contributed by atoms with van der Waals surface area (Å²) in [4.78, 5) is 23.8. The molecule has 2 unspecified atom stereocenters. The molecule has 0 bridgehead atoms. The van der Waals surface area contributed by atoms with E-state index >= 15 is 0 Å². The smallest absolute Gasteiger partial charge is 0.329 e. The van der Waals surface area contributed by atoms with Crippen LogP contribution in [-0.4, -0.2) is 31.6 Å². The zero-order valence-corrected chi connectivity index (χ0v) is 11.9. The second-order valence-corrected chi connectivity index (χ2v) is 5.08. The van der Waals surface area contributed by atoms with Crippen LogP contribution in [0.15, 0.2) is 24.3 Å². The Morgan fingerprint density at radius 1 is 1.40 bits per heavy atom. The molecule has 1 heterocycles. The Hall–Kier alpha value is -2.04. The molecule has 1 aliphatic rings. The van der Waals surface area contributed by atoms with Gasteiger partial charge >= 0.3 is 5.97 Å². The van der Waals surface area contributed by atoms with Crippen LogP contribution in [0.3, 0.4) is 0 Å². The van der Waals surface area contributed by atoms with E-state index in [0.717, 1.165) is 11.3 Å². The predicted octanol–water partition coefficient (Wildman–Crippen LogP) is 1.40. The van der Waals surface area contributed by atoms with Gasteiger partial charge in [-0.2, -0.15) is 0 Å². The number of ether oxygens (including phenoxy) is 2. The highest BCUT2D eigenvalue weighted by molar-refractivity contribution is 5.91. The van der Waals surface area contributed by atoms with Gasteiger partial charge in [0.05, 0.1) is 13.7 Å². The zero-order valence-electron chi connectivity index (χ0n) is 11.9. The Kier molecular flexibility index (Phi) is 3.97. The van der Waals surface area contributed by atoms with Crippen molar-refractivity contribution in [1.29, 1.82) is 0 Å². The molecule has 1 fully saturated rings.